The van der Waals surface area contributed by atoms with Gasteiger partial charge in [-0.25, -0.2) is 19.0 Å². The Labute approximate surface area is 236 Å². The minimum atomic E-state index is -0.534. The summed E-state index contributed by atoms with van der Waals surface area (Å²) < 4.78 is 22.9. The minimum Gasteiger partial charge on any atom is -0.457 e. The van der Waals surface area contributed by atoms with Gasteiger partial charge in [0.25, 0.3) is 5.91 Å². The smallest absolute Gasteiger partial charge is 0.264 e. The zero-order valence-electron chi connectivity index (χ0n) is 22.5. The van der Waals surface area contributed by atoms with E-state index < -0.39 is 5.82 Å². The number of nitrogens with zero attached hydrogens (tertiary/aromatic N) is 6. The molecule has 3 N–H and O–H groups in total. The zero-order chi connectivity index (χ0) is 28.6. The van der Waals surface area contributed by atoms with E-state index in [9.17, 15) is 10.1 Å². The van der Waals surface area contributed by atoms with E-state index in [-0.39, 0.29) is 34.4 Å². The van der Waals surface area contributed by atoms with E-state index in [4.69, 9.17) is 15.6 Å². The third-order valence-electron chi connectivity index (χ3n) is 7.81. The van der Waals surface area contributed by atoms with Crippen LogP contribution in [0.25, 0.3) is 22.3 Å². The van der Waals surface area contributed by atoms with Crippen LogP contribution in [0.2, 0.25) is 0 Å². The average Bonchev–Trinajstić information content (AvgIpc) is 3.44. The number of aromatic nitrogens is 4. The maximum absolute atomic E-state index is 15.5. The van der Waals surface area contributed by atoms with Crippen molar-refractivity contribution in [2.24, 2.45) is 0 Å². The van der Waals surface area contributed by atoms with Gasteiger partial charge in [-0.05, 0) is 63.1 Å². The first-order valence-electron chi connectivity index (χ1n) is 13.5. The molecule has 3 heterocycles. The first-order valence-corrected chi connectivity index (χ1v) is 13.5. The van der Waals surface area contributed by atoms with Crippen molar-refractivity contribution in [2.45, 2.75) is 43.8 Å². The lowest BCUT2D eigenvalue weighted by atomic mass is 10.1. The minimum absolute atomic E-state index is 0.140. The van der Waals surface area contributed by atoms with Gasteiger partial charge in [-0.2, -0.15) is 10.4 Å². The van der Waals surface area contributed by atoms with Crippen LogP contribution in [-0.2, 0) is 11.3 Å². The lowest BCUT2D eigenvalue weighted by Gasteiger charge is -2.25. The second kappa shape index (κ2) is 10.6. The summed E-state index contributed by atoms with van der Waals surface area (Å²) in [5.41, 5.74) is 7.09. The Morgan fingerprint density at radius 2 is 2.05 bits per heavy atom. The molecule has 1 atom stereocenters. The molecule has 208 valence electrons. The van der Waals surface area contributed by atoms with E-state index >= 15 is 4.39 Å². The molecule has 1 aliphatic carbocycles. The fourth-order valence-electron chi connectivity index (χ4n) is 5.39. The van der Waals surface area contributed by atoms with Gasteiger partial charge in [0.15, 0.2) is 5.65 Å². The van der Waals surface area contributed by atoms with Gasteiger partial charge in [0, 0.05) is 23.7 Å². The number of fused-ring (bicyclic) bond motifs is 1. The molecule has 0 spiro atoms. The van der Waals surface area contributed by atoms with Crippen LogP contribution in [0, 0.1) is 17.1 Å². The Balaban J connectivity index is 1.31. The molecule has 1 saturated heterocycles. The van der Waals surface area contributed by atoms with Crippen molar-refractivity contribution in [1.29, 1.82) is 5.26 Å². The van der Waals surface area contributed by atoms with Crippen molar-refractivity contribution in [3.05, 3.63) is 72.3 Å². The number of carbonyl (C=O) groups excluding carboxylic acids is 1. The number of rotatable bonds is 8. The van der Waals surface area contributed by atoms with E-state index in [1.165, 1.54) is 12.4 Å². The van der Waals surface area contributed by atoms with Crippen molar-refractivity contribution in [2.75, 3.05) is 19.3 Å². The number of amides is 1. The number of nitrogens with two attached hydrogens (primary N) is 1. The molecular weight excluding hydrogens is 523 g/mol. The molecule has 6 rings (SSSR count). The number of nitrogens with one attached hydrogen (secondary N) is 1. The number of carbonyl (C=O) groups is 1. The number of anilines is 1. The Morgan fingerprint density at radius 1 is 1.24 bits per heavy atom. The van der Waals surface area contributed by atoms with E-state index in [2.05, 4.69) is 21.4 Å². The molecule has 0 bridgehead atoms. The van der Waals surface area contributed by atoms with Gasteiger partial charge in [0.1, 0.15) is 46.8 Å². The highest BCUT2D eigenvalue weighted by molar-refractivity contribution is 5.99. The van der Waals surface area contributed by atoms with Gasteiger partial charge in [-0.1, -0.05) is 18.2 Å². The highest BCUT2D eigenvalue weighted by Gasteiger charge is 2.41. The number of likely N-dealkylation sites (N-methyl/N-ethyl adjacent to an activating group) is 1. The highest BCUT2D eigenvalue weighted by atomic mass is 19.1. The molecule has 41 heavy (non-hydrogen) atoms. The van der Waals surface area contributed by atoms with Crippen LogP contribution in [0.4, 0.5) is 10.2 Å². The summed E-state index contributed by atoms with van der Waals surface area (Å²) in [6, 6.07) is 15.6. The summed E-state index contributed by atoms with van der Waals surface area (Å²) >= 11 is 0. The molecule has 0 unspecified atom stereocenters. The number of nitrogen functional groups attached to an aromatic ring is 1. The van der Waals surface area contributed by atoms with Gasteiger partial charge in [0.05, 0.1) is 18.0 Å². The fraction of sp³-hybridized carbons (Fsp3) is 0.300. The molecule has 2 aromatic carbocycles. The van der Waals surface area contributed by atoms with Crippen molar-refractivity contribution < 1.29 is 13.9 Å². The maximum Gasteiger partial charge on any atom is 0.264 e. The topological polar surface area (TPSA) is 135 Å². The average molecular weight is 553 g/mol. The normalized spacial score (nSPS) is 17.9. The molecule has 2 aliphatic rings. The van der Waals surface area contributed by atoms with Gasteiger partial charge >= 0.3 is 0 Å². The molecule has 1 amide bonds. The zero-order valence-corrected chi connectivity index (χ0v) is 22.5. The number of hydrogen-bond donors (Lipinski definition) is 2. The van der Waals surface area contributed by atoms with Crippen LogP contribution in [0.3, 0.4) is 0 Å². The number of ether oxygens (including phenoxy) is 1. The molecular formula is C30H29FN8O2. The lowest BCUT2D eigenvalue weighted by molar-refractivity contribution is -0.127. The second-order valence-corrected chi connectivity index (χ2v) is 10.4. The largest absolute Gasteiger partial charge is 0.457 e. The third kappa shape index (κ3) is 5.10. The Kier molecular flexibility index (Phi) is 6.85. The van der Waals surface area contributed by atoms with Crippen molar-refractivity contribution in [3.8, 4) is 28.8 Å². The number of para-hydroxylation sites is 1. The van der Waals surface area contributed by atoms with Gasteiger partial charge < -0.3 is 20.7 Å². The van der Waals surface area contributed by atoms with Gasteiger partial charge in [0.2, 0.25) is 0 Å². The number of hydrogen-bond acceptors (Lipinski definition) is 8. The van der Waals surface area contributed by atoms with Crippen LogP contribution in [0.1, 0.15) is 25.7 Å². The fourth-order valence-corrected chi connectivity index (χ4v) is 5.39. The number of halogens is 1. The summed E-state index contributed by atoms with van der Waals surface area (Å²) in [6.07, 6.45) is 6.42. The molecule has 2 fully saturated rings. The summed E-state index contributed by atoms with van der Waals surface area (Å²) in [5, 5.41) is 18.1. The first kappa shape index (κ1) is 26.4. The number of benzene rings is 2. The van der Waals surface area contributed by atoms with Gasteiger partial charge in [-0.3, -0.25) is 4.79 Å². The summed E-state index contributed by atoms with van der Waals surface area (Å²) in [7, 11) is 1.84. The van der Waals surface area contributed by atoms with E-state index in [1.54, 1.807) is 39.9 Å². The SMILES string of the molecule is CNC1(C=C(C#N)C(=O)N2CCC[C@@H]2Cn2nc(-c3ccc(Oc4ccccc4)cc3F)c3c(N)ncnc32)CC1. The van der Waals surface area contributed by atoms with Crippen LogP contribution in [0.5, 0.6) is 11.5 Å². The van der Waals surface area contributed by atoms with Crippen molar-refractivity contribution in [1.82, 2.24) is 30.0 Å². The van der Waals surface area contributed by atoms with E-state index in [0.717, 1.165) is 25.7 Å². The molecule has 0 radical (unpaired) electrons. The molecule has 4 aromatic rings. The molecule has 1 saturated carbocycles. The van der Waals surface area contributed by atoms with Crippen LogP contribution in [0.15, 0.2) is 66.5 Å². The molecule has 10 nitrogen and oxygen atoms in total. The second-order valence-electron chi connectivity index (χ2n) is 10.4. The quantitative estimate of drug-likeness (QED) is 0.245. The number of nitriles is 1. The standard InChI is InChI=1S/C30H29FN8O2/c1-34-30(11-12-30)15-19(16-32)29(40)38-13-5-6-20(38)17-39-28-25(27(33)35-18-36-28)26(37-39)23-10-9-22(14-24(23)31)41-21-7-3-2-4-8-21/h2-4,7-10,14-15,18,20,34H,5-6,11-13,17H2,1H3,(H2,33,35,36)/t20-/m1/s1. The van der Waals surface area contributed by atoms with Crippen LogP contribution in [-0.4, -0.2) is 55.7 Å². The predicted octanol–water partition coefficient (Wildman–Crippen LogP) is 4.20. The summed E-state index contributed by atoms with van der Waals surface area (Å²) in [6.45, 7) is 0.848. The van der Waals surface area contributed by atoms with Crippen LogP contribution < -0.4 is 15.8 Å². The molecule has 11 heteroatoms. The van der Waals surface area contributed by atoms with Crippen molar-refractivity contribution in [3.63, 3.8) is 0 Å². The van der Waals surface area contributed by atoms with Crippen molar-refractivity contribution >= 4 is 22.8 Å². The first-order chi connectivity index (χ1) is 19.9. The Morgan fingerprint density at radius 3 is 2.76 bits per heavy atom. The summed E-state index contributed by atoms with van der Waals surface area (Å²) in [4.78, 5) is 23.7. The van der Waals surface area contributed by atoms with Crippen LogP contribution >= 0.6 is 0 Å². The third-order valence-corrected chi connectivity index (χ3v) is 7.81. The summed E-state index contributed by atoms with van der Waals surface area (Å²) in [5.74, 6) is 0.292. The van der Waals surface area contributed by atoms with Gasteiger partial charge in [-0.15, -0.1) is 0 Å². The maximum atomic E-state index is 15.5. The monoisotopic (exact) mass is 552 g/mol. The number of likely N-dealkylation sites (tertiary alicyclic amines) is 1. The predicted molar refractivity (Wildman–Crippen MR) is 151 cm³/mol. The lowest BCUT2D eigenvalue weighted by Crippen LogP contribution is -2.39. The Bertz CT molecular complexity index is 1690. The highest BCUT2D eigenvalue weighted by Crippen LogP contribution is 2.38. The van der Waals surface area contributed by atoms with E-state index in [0.29, 0.717) is 41.3 Å². The van der Waals surface area contributed by atoms with E-state index in [1.807, 2.05) is 25.2 Å². The Hall–Kier alpha value is -4.82. The molecule has 1 aliphatic heterocycles. The molecule has 2 aromatic heterocycles.